The molecule has 0 radical (unpaired) electrons. The van der Waals surface area contributed by atoms with E-state index in [1.807, 2.05) is 37.2 Å². The highest BCUT2D eigenvalue weighted by atomic mass is 15.0. The van der Waals surface area contributed by atoms with Gasteiger partial charge in [-0.25, -0.2) is 4.98 Å². The van der Waals surface area contributed by atoms with E-state index < -0.39 is 0 Å². The van der Waals surface area contributed by atoms with Crippen LogP contribution in [-0.4, -0.2) is 27.6 Å². The zero-order chi connectivity index (χ0) is 11.8. The highest BCUT2D eigenvalue weighted by molar-refractivity contribution is 5.08. The fourth-order valence-electron chi connectivity index (χ4n) is 1.71. The summed E-state index contributed by atoms with van der Waals surface area (Å²) in [6.45, 7) is 3.08. The molecule has 4 nitrogen and oxygen atoms in total. The van der Waals surface area contributed by atoms with Crippen molar-refractivity contribution in [3.63, 3.8) is 0 Å². The molecule has 0 spiro atoms. The Morgan fingerprint density at radius 2 is 2.18 bits per heavy atom. The molecule has 0 saturated carbocycles. The van der Waals surface area contributed by atoms with Gasteiger partial charge in [0.25, 0.3) is 0 Å². The first-order valence-corrected chi connectivity index (χ1v) is 6.00. The van der Waals surface area contributed by atoms with Crippen molar-refractivity contribution in [2.45, 2.75) is 19.4 Å². The van der Waals surface area contributed by atoms with Gasteiger partial charge in [0.15, 0.2) is 0 Å². The van der Waals surface area contributed by atoms with E-state index in [0.29, 0.717) is 0 Å². The zero-order valence-electron chi connectivity index (χ0n) is 9.92. The molecule has 0 fully saturated rings. The number of aryl methyl sites for hydroxylation is 1. The first kappa shape index (κ1) is 11.8. The van der Waals surface area contributed by atoms with Gasteiger partial charge in [-0.2, -0.15) is 0 Å². The van der Waals surface area contributed by atoms with Crippen LogP contribution in [-0.2, 0) is 13.0 Å². The second-order valence-electron chi connectivity index (χ2n) is 4.02. The van der Waals surface area contributed by atoms with E-state index in [2.05, 4.69) is 25.9 Å². The Hall–Kier alpha value is -1.68. The summed E-state index contributed by atoms with van der Waals surface area (Å²) in [4.78, 5) is 8.11. The van der Waals surface area contributed by atoms with E-state index in [-0.39, 0.29) is 0 Å². The molecule has 0 unspecified atom stereocenters. The molecule has 0 aliphatic rings. The molecule has 2 heterocycles. The Labute approximate surface area is 102 Å². The summed E-state index contributed by atoms with van der Waals surface area (Å²) < 4.78 is 2.10. The van der Waals surface area contributed by atoms with Gasteiger partial charge in [0.2, 0.25) is 0 Å². The van der Waals surface area contributed by atoms with Crippen LogP contribution in [0.4, 0.5) is 0 Å². The van der Waals surface area contributed by atoms with Crippen molar-refractivity contribution in [1.82, 2.24) is 19.9 Å². The molecular weight excluding hydrogens is 212 g/mol. The van der Waals surface area contributed by atoms with Crippen molar-refractivity contribution < 1.29 is 0 Å². The van der Waals surface area contributed by atoms with E-state index in [1.165, 1.54) is 5.56 Å². The van der Waals surface area contributed by atoms with Crippen LogP contribution in [0, 0.1) is 0 Å². The van der Waals surface area contributed by atoms with Gasteiger partial charge < -0.3 is 9.88 Å². The number of imidazole rings is 1. The number of nitrogens with one attached hydrogen (secondary N) is 1. The van der Waals surface area contributed by atoms with Gasteiger partial charge in [-0.3, -0.25) is 4.98 Å². The van der Waals surface area contributed by atoms with E-state index >= 15 is 0 Å². The van der Waals surface area contributed by atoms with Crippen LogP contribution in [0.2, 0.25) is 0 Å². The smallest absolute Gasteiger partial charge is 0.0945 e. The number of aromatic nitrogens is 3. The monoisotopic (exact) mass is 230 g/mol. The maximum Gasteiger partial charge on any atom is 0.0945 e. The molecule has 0 amide bonds. The summed E-state index contributed by atoms with van der Waals surface area (Å²) in [6.07, 6.45) is 11.6. The van der Waals surface area contributed by atoms with Crippen LogP contribution < -0.4 is 5.32 Å². The van der Waals surface area contributed by atoms with Crippen LogP contribution in [0.1, 0.15) is 12.0 Å². The summed E-state index contributed by atoms with van der Waals surface area (Å²) in [5.74, 6) is 0. The first-order valence-electron chi connectivity index (χ1n) is 6.00. The van der Waals surface area contributed by atoms with Gasteiger partial charge in [0.1, 0.15) is 0 Å². The van der Waals surface area contributed by atoms with E-state index in [1.54, 1.807) is 0 Å². The lowest BCUT2D eigenvalue weighted by molar-refractivity contribution is 0.581. The van der Waals surface area contributed by atoms with Crippen LogP contribution in [0.25, 0.3) is 0 Å². The third-order valence-corrected chi connectivity index (χ3v) is 2.64. The van der Waals surface area contributed by atoms with Crippen molar-refractivity contribution in [2.24, 2.45) is 0 Å². The van der Waals surface area contributed by atoms with E-state index in [9.17, 15) is 0 Å². The fraction of sp³-hybridized carbons (Fsp3) is 0.385. The Bertz CT molecular complexity index is 397. The normalized spacial score (nSPS) is 10.6. The lowest BCUT2D eigenvalue weighted by Gasteiger charge is -2.05. The van der Waals surface area contributed by atoms with Gasteiger partial charge >= 0.3 is 0 Å². The number of rotatable bonds is 7. The molecule has 2 rings (SSSR count). The second kappa shape index (κ2) is 6.81. The molecule has 2 aromatic rings. The number of hydrogen-bond acceptors (Lipinski definition) is 3. The van der Waals surface area contributed by atoms with Gasteiger partial charge in [0.05, 0.1) is 6.33 Å². The standard InChI is InChI=1S/C13H18N4/c1-3-13(11-15-5-1)4-7-14-6-2-9-17-10-8-16-12-17/h1,3,5,8,10-12,14H,2,4,6-7,9H2. The zero-order valence-corrected chi connectivity index (χ0v) is 9.92. The summed E-state index contributed by atoms with van der Waals surface area (Å²) in [7, 11) is 0. The van der Waals surface area contributed by atoms with Gasteiger partial charge in [-0.15, -0.1) is 0 Å². The Balaban J connectivity index is 1.52. The van der Waals surface area contributed by atoms with E-state index in [0.717, 1.165) is 32.5 Å². The fourth-order valence-corrected chi connectivity index (χ4v) is 1.71. The third kappa shape index (κ3) is 4.36. The topological polar surface area (TPSA) is 42.7 Å². The highest BCUT2D eigenvalue weighted by Gasteiger charge is 1.93. The molecular formula is C13H18N4. The maximum atomic E-state index is 4.10. The van der Waals surface area contributed by atoms with Gasteiger partial charge in [-0.1, -0.05) is 6.07 Å². The molecule has 4 heteroatoms. The van der Waals surface area contributed by atoms with Crippen molar-refractivity contribution in [3.05, 3.63) is 48.8 Å². The molecule has 90 valence electrons. The molecule has 0 saturated heterocycles. The summed E-state index contributed by atoms with van der Waals surface area (Å²) in [5.41, 5.74) is 1.29. The Morgan fingerprint density at radius 3 is 2.94 bits per heavy atom. The predicted octanol–water partition coefficient (Wildman–Crippen LogP) is 1.50. The minimum atomic E-state index is 1.01. The average molecular weight is 230 g/mol. The molecule has 0 atom stereocenters. The molecule has 0 aliphatic heterocycles. The van der Waals surface area contributed by atoms with Crippen molar-refractivity contribution in [1.29, 1.82) is 0 Å². The van der Waals surface area contributed by atoms with Crippen LogP contribution >= 0.6 is 0 Å². The van der Waals surface area contributed by atoms with Crippen LogP contribution in [0.3, 0.4) is 0 Å². The van der Waals surface area contributed by atoms with Crippen molar-refractivity contribution in [2.75, 3.05) is 13.1 Å². The molecule has 0 aliphatic carbocycles. The van der Waals surface area contributed by atoms with Crippen molar-refractivity contribution in [3.8, 4) is 0 Å². The summed E-state index contributed by atoms with van der Waals surface area (Å²) in [5, 5.41) is 3.43. The molecule has 1 N–H and O–H groups in total. The number of hydrogen-bond donors (Lipinski definition) is 1. The highest BCUT2D eigenvalue weighted by Crippen LogP contribution is 1.95. The third-order valence-electron chi connectivity index (χ3n) is 2.64. The van der Waals surface area contributed by atoms with Gasteiger partial charge in [0, 0.05) is 31.3 Å². The minimum Gasteiger partial charge on any atom is -0.337 e. The number of pyridine rings is 1. The first-order chi connectivity index (χ1) is 8.45. The van der Waals surface area contributed by atoms with Crippen LogP contribution in [0.15, 0.2) is 43.2 Å². The lowest BCUT2D eigenvalue weighted by atomic mass is 10.2. The van der Waals surface area contributed by atoms with Gasteiger partial charge in [-0.05, 0) is 37.6 Å². The average Bonchev–Trinajstić information content (AvgIpc) is 2.88. The van der Waals surface area contributed by atoms with Crippen LogP contribution in [0.5, 0.6) is 0 Å². The summed E-state index contributed by atoms with van der Waals surface area (Å²) >= 11 is 0. The van der Waals surface area contributed by atoms with Crippen molar-refractivity contribution >= 4 is 0 Å². The molecule has 0 aromatic carbocycles. The molecule has 0 bridgehead atoms. The Kier molecular flexibility index (Phi) is 4.72. The quantitative estimate of drug-likeness (QED) is 0.733. The SMILES string of the molecule is c1cncc(CCNCCCn2ccnc2)c1. The lowest BCUT2D eigenvalue weighted by Crippen LogP contribution is -2.19. The number of nitrogens with zero attached hydrogens (tertiary/aromatic N) is 3. The maximum absolute atomic E-state index is 4.10. The molecule has 17 heavy (non-hydrogen) atoms. The largest absolute Gasteiger partial charge is 0.337 e. The predicted molar refractivity (Wildman–Crippen MR) is 67.7 cm³/mol. The Morgan fingerprint density at radius 1 is 1.18 bits per heavy atom. The summed E-state index contributed by atoms with van der Waals surface area (Å²) in [6, 6.07) is 4.09. The minimum absolute atomic E-state index is 1.01. The molecule has 2 aromatic heterocycles. The second-order valence-corrected chi connectivity index (χ2v) is 4.02. The van der Waals surface area contributed by atoms with E-state index in [4.69, 9.17) is 0 Å².